The number of benzene rings is 1. The van der Waals surface area contributed by atoms with E-state index in [0.29, 0.717) is 24.5 Å². The highest BCUT2D eigenvalue weighted by Gasteiger charge is 2.22. The Hall–Kier alpha value is -2.60. The lowest BCUT2D eigenvalue weighted by Gasteiger charge is -2.32. The quantitative estimate of drug-likeness (QED) is 0.494. The Morgan fingerprint density at radius 1 is 1.06 bits per heavy atom. The van der Waals surface area contributed by atoms with Crippen LogP contribution in [0.5, 0.6) is 11.5 Å². The van der Waals surface area contributed by atoms with E-state index in [2.05, 4.69) is 41.2 Å². The smallest absolute Gasteiger partial charge is 0.255 e. The lowest BCUT2D eigenvalue weighted by molar-refractivity contribution is 0.0907. The molecule has 1 fully saturated rings. The van der Waals surface area contributed by atoms with Crippen molar-refractivity contribution in [1.29, 1.82) is 0 Å². The number of rotatable bonds is 12. The average molecular weight is 440 g/mol. The van der Waals surface area contributed by atoms with Crippen molar-refractivity contribution in [2.75, 3.05) is 32.8 Å². The Morgan fingerprint density at radius 3 is 2.56 bits per heavy atom. The van der Waals surface area contributed by atoms with Crippen LogP contribution < -0.4 is 14.8 Å². The Balaban J connectivity index is 1.52. The van der Waals surface area contributed by atoms with Crippen LogP contribution in [-0.2, 0) is 6.42 Å². The normalized spacial score (nSPS) is 14.8. The number of unbranched alkanes of at least 4 members (excludes halogenated alkanes) is 1. The van der Waals surface area contributed by atoms with Gasteiger partial charge in [0.2, 0.25) is 0 Å². The second kappa shape index (κ2) is 13.1. The summed E-state index contributed by atoms with van der Waals surface area (Å²) in [6.07, 6.45) is 9.60. The van der Waals surface area contributed by atoms with Crippen LogP contribution in [0.4, 0.5) is 0 Å². The van der Waals surface area contributed by atoms with Crippen LogP contribution >= 0.6 is 0 Å². The van der Waals surface area contributed by atoms with Gasteiger partial charge in [0.05, 0.1) is 18.8 Å². The van der Waals surface area contributed by atoms with Gasteiger partial charge >= 0.3 is 0 Å². The highest BCUT2D eigenvalue weighted by molar-refractivity contribution is 5.97. The van der Waals surface area contributed by atoms with E-state index in [1.54, 1.807) is 0 Å². The maximum Gasteiger partial charge on any atom is 0.255 e. The predicted octanol–water partition coefficient (Wildman–Crippen LogP) is 4.49. The Morgan fingerprint density at radius 2 is 1.84 bits per heavy atom. The summed E-state index contributed by atoms with van der Waals surface area (Å²) >= 11 is 0. The van der Waals surface area contributed by atoms with Crippen LogP contribution in [0.15, 0.2) is 42.7 Å². The van der Waals surface area contributed by atoms with Crippen LogP contribution in [0.2, 0.25) is 0 Å². The first kappa shape index (κ1) is 24.1. The maximum atomic E-state index is 13.0. The fraction of sp³-hybridized carbons (Fsp3) is 0.538. The minimum absolute atomic E-state index is 0.0613. The summed E-state index contributed by atoms with van der Waals surface area (Å²) in [6.45, 7) is 8.49. The number of hydrogen-bond donors (Lipinski definition) is 1. The monoisotopic (exact) mass is 439 g/mol. The first-order valence-electron chi connectivity index (χ1n) is 12.0. The molecule has 6 heteroatoms. The summed E-state index contributed by atoms with van der Waals surface area (Å²) < 4.78 is 11.7. The summed E-state index contributed by atoms with van der Waals surface area (Å²) in [5.41, 5.74) is 1.91. The lowest BCUT2D eigenvalue weighted by Crippen LogP contribution is -2.45. The molecule has 1 aliphatic rings. The average Bonchev–Trinajstić information content (AvgIpc) is 2.83. The molecular formula is C26H37N3O3. The molecule has 0 aliphatic carbocycles. The van der Waals surface area contributed by atoms with Crippen molar-refractivity contribution in [3.05, 3.63) is 53.9 Å². The number of nitrogens with zero attached hydrogens (tertiary/aromatic N) is 2. The number of ether oxygens (including phenoxy) is 2. The molecule has 32 heavy (non-hydrogen) atoms. The second-order valence-electron chi connectivity index (χ2n) is 8.40. The molecule has 0 unspecified atom stereocenters. The number of aromatic nitrogens is 1. The number of nitrogens with one attached hydrogen (secondary N) is 1. The summed E-state index contributed by atoms with van der Waals surface area (Å²) in [7, 11) is 0. The van der Waals surface area contributed by atoms with Gasteiger partial charge in [0.25, 0.3) is 5.91 Å². The zero-order valence-electron chi connectivity index (χ0n) is 19.5. The molecule has 1 aliphatic heterocycles. The number of likely N-dealkylation sites (tertiary alicyclic amines) is 1. The van der Waals surface area contributed by atoms with E-state index >= 15 is 0 Å². The standard InChI is InChI=1S/C26H37N3O3/c1-3-5-19-32-25-20-23(31-18-4-2)6-7-24(25)26(30)28-22-11-16-29(17-12-22)15-10-21-8-13-27-14-9-21/h6-9,13-14,20,22H,3-5,10-12,15-19H2,1-2H3,(H,28,30). The molecule has 2 aromatic rings. The van der Waals surface area contributed by atoms with E-state index in [0.717, 1.165) is 63.9 Å². The first-order chi connectivity index (χ1) is 15.7. The third-order valence-electron chi connectivity index (χ3n) is 5.81. The van der Waals surface area contributed by atoms with Crippen LogP contribution in [0.1, 0.15) is 61.9 Å². The van der Waals surface area contributed by atoms with Gasteiger partial charge in [-0.2, -0.15) is 0 Å². The fourth-order valence-corrected chi connectivity index (χ4v) is 3.85. The number of amides is 1. The Kier molecular flexibility index (Phi) is 9.82. The molecule has 1 saturated heterocycles. The minimum atomic E-state index is -0.0613. The molecule has 0 bridgehead atoms. The maximum absolute atomic E-state index is 13.0. The van der Waals surface area contributed by atoms with Crippen LogP contribution in [0, 0.1) is 0 Å². The van der Waals surface area contributed by atoms with E-state index in [4.69, 9.17) is 9.47 Å². The Bertz CT molecular complexity index is 820. The summed E-state index contributed by atoms with van der Waals surface area (Å²) in [5, 5.41) is 3.23. The predicted molar refractivity (Wildman–Crippen MR) is 128 cm³/mol. The molecule has 0 radical (unpaired) electrons. The van der Waals surface area contributed by atoms with E-state index in [1.165, 1.54) is 5.56 Å². The number of pyridine rings is 1. The number of piperidine rings is 1. The SMILES string of the molecule is CCCCOc1cc(OCCC)ccc1C(=O)NC1CCN(CCc2ccncc2)CC1. The number of carbonyl (C=O) groups is 1. The molecule has 2 heterocycles. The zero-order chi connectivity index (χ0) is 22.6. The lowest BCUT2D eigenvalue weighted by atomic mass is 10.0. The van der Waals surface area contributed by atoms with Crippen molar-refractivity contribution >= 4 is 5.91 Å². The second-order valence-corrected chi connectivity index (χ2v) is 8.40. The van der Waals surface area contributed by atoms with Crippen LogP contribution in [0.25, 0.3) is 0 Å². The van der Waals surface area contributed by atoms with Crippen molar-refractivity contribution in [1.82, 2.24) is 15.2 Å². The van der Waals surface area contributed by atoms with Gasteiger partial charge in [-0.25, -0.2) is 0 Å². The van der Waals surface area contributed by atoms with Gasteiger partial charge in [0, 0.05) is 44.1 Å². The molecule has 174 valence electrons. The molecule has 0 spiro atoms. The molecule has 3 rings (SSSR count). The molecule has 0 atom stereocenters. The number of hydrogen-bond acceptors (Lipinski definition) is 5. The van der Waals surface area contributed by atoms with E-state index < -0.39 is 0 Å². The van der Waals surface area contributed by atoms with E-state index in [1.807, 2.05) is 30.6 Å². The topological polar surface area (TPSA) is 63.7 Å². The van der Waals surface area contributed by atoms with Gasteiger partial charge in [-0.05, 0) is 61.9 Å². The third kappa shape index (κ3) is 7.52. The van der Waals surface area contributed by atoms with Gasteiger partial charge < -0.3 is 19.7 Å². The van der Waals surface area contributed by atoms with E-state index in [9.17, 15) is 4.79 Å². The number of carbonyl (C=O) groups excluding carboxylic acids is 1. The van der Waals surface area contributed by atoms with Crippen molar-refractivity contribution < 1.29 is 14.3 Å². The molecule has 1 aromatic heterocycles. The van der Waals surface area contributed by atoms with Gasteiger partial charge in [0.1, 0.15) is 11.5 Å². The van der Waals surface area contributed by atoms with Crippen molar-refractivity contribution in [3.8, 4) is 11.5 Å². The van der Waals surface area contributed by atoms with Crippen LogP contribution in [-0.4, -0.2) is 54.7 Å². The van der Waals surface area contributed by atoms with Crippen molar-refractivity contribution in [2.45, 2.75) is 58.4 Å². The molecule has 1 aromatic carbocycles. The molecular weight excluding hydrogens is 402 g/mol. The summed E-state index contributed by atoms with van der Waals surface area (Å²) in [4.78, 5) is 19.6. The molecule has 1 N–H and O–H groups in total. The third-order valence-corrected chi connectivity index (χ3v) is 5.81. The van der Waals surface area contributed by atoms with Gasteiger partial charge in [0.15, 0.2) is 0 Å². The van der Waals surface area contributed by atoms with E-state index in [-0.39, 0.29) is 11.9 Å². The van der Waals surface area contributed by atoms with Crippen molar-refractivity contribution in [3.63, 3.8) is 0 Å². The highest BCUT2D eigenvalue weighted by Crippen LogP contribution is 2.26. The Labute approximate surface area is 192 Å². The summed E-state index contributed by atoms with van der Waals surface area (Å²) in [5.74, 6) is 1.30. The highest BCUT2D eigenvalue weighted by atomic mass is 16.5. The molecule has 1 amide bonds. The molecule has 6 nitrogen and oxygen atoms in total. The van der Waals surface area contributed by atoms with Gasteiger partial charge in [-0.15, -0.1) is 0 Å². The van der Waals surface area contributed by atoms with Gasteiger partial charge in [-0.3, -0.25) is 9.78 Å². The largest absolute Gasteiger partial charge is 0.493 e. The van der Waals surface area contributed by atoms with Crippen LogP contribution in [0.3, 0.4) is 0 Å². The van der Waals surface area contributed by atoms with Gasteiger partial charge in [-0.1, -0.05) is 20.3 Å². The fourth-order valence-electron chi connectivity index (χ4n) is 3.85. The first-order valence-corrected chi connectivity index (χ1v) is 12.0. The summed E-state index contributed by atoms with van der Waals surface area (Å²) in [6, 6.07) is 9.88. The zero-order valence-corrected chi connectivity index (χ0v) is 19.5. The minimum Gasteiger partial charge on any atom is -0.493 e. The van der Waals surface area contributed by atoms with Crippen molar-refractivity contribution in [2.24, 2.45) is 0 Å². The molecule has 0 saturated carbocycles.